The largest absolute Gasteiger partial charge is 0.355 e. The first kappa shape index (κ1) is 26.1. The SMILES string of the molecule is C\C=C/C(=C\C=C\c1ccccc1)N1c2c(ccc3ccccc23)C2c3c([nH]c4ccc5ccccc5c34)C3=C(C=CCC3)C21. The van der Waals surface area contributed by atoms with E-state index in [2.05, 4.69) is 162 Å². The average molecular weight is 579 g/mol. The van der Waals surface area contributed by atoms with Gasteiger partial charge in [0.25, 0.3) is 0 Å². The Morgan fingerprint density at radius 3 is 2.42 bits per heavy atom. The van der Waals surface area contributed by atoms with Gasteiger partial charge in [-0.2, -0.15) is 0 Å². The molecule has 0 saturated heterocycles. The van der Waals surface area contributed by atoms with Crippen molar-refractivity contribution in [3.05, 3.63) is 173 Å². The second-order valence-corrected chi connectivity index (χ2v) is 12.4. The van der Waals surface area contributed by atoms with Crippen LogP contribution in [0, 0.1) is 0 Å². The number of H-pyrrole nitrogens is 1. The quantitative estimate of drug-likeness (QED) is 0.206. The first-order valence-corrected chi connectivity index (χ1v) is 16.1. The van der Waals surface area contributed by atoms with Crippen molar-refractivity contribution in [3.63, 3.8) is 0 Å². The van der Waals surface area contributed by atoms with Gasteiger partial charge < -0.3 is 9.88 Å². The fourth-order valence-corrected chi connectivity index (χ4v) is 8.15. The maximum Gasteiger partial charge on any atom is 0.0706 e. The summed E-state index contributed by atoms with van der Waals surface area (Å²) in [4.78, 5) is 6.62. The van der Waals surface area contributed by atoms with E-state index in [1.165, 1.54) is 77.4 Å². The Labute approximate surface area is 264 Å². The van der Waals surface area contributed by atoms with Crippen LogP contribution in [0.15, 0.2) is 151 Å². The molecule has 2 heterocycles. The molecule has 5 aromatic carbocycles. The summed E-state index contributed by atoms with van der Waals surface area (Å²) in [6.07, 6.45) is 18.1. The minimum Gasteiger partial charge on any atom is -0.355 e. The number of aromatic amines is 1. The number of fused-ring (bicyclic) bond motifs is 13. The number of allylic oxidation sites excluding steroid dienone is 6. The number of rotatable bonds is 4. The summed E-state index contributed by atoms with van der Waals surface area (Å²) in [6.45, 7) is 2.13. The molecule has 2 atom stereocenters. The number of nitrogens with zero attached hydrogens (tertiary/aromatic N) is 1. The van der Waals surface area contributed by atoms with Crippen LogP contribution in [0.25, 0.3) is 44.1 Å². The molecule has 1 aromatic heterocycles. The highest BCUT2D eigenvalue weighted by atomic mass is 15.2. The molecule has 9 rings (SSSR count). The normalized spacial score (nSPS) is 19.2. The highest BCUT2D eigenvalue weighted by Crippen LogP contribution is 2.59. The van der Waals surface area contributed by atoms with Gasteiger partial charge in [-0.25, -0.2) is 0 Å². The van der Waals surface area contributed by atoms with E-state index < -0.39 is 0 Å². The summed E-state index contributed by atoms with van der Waals surface area (Å²) in [5.41, 5.74) is 12.1. The van der Waals surface area contributed by atoms with E-state index in [1.807, 2.05) is 0 Å². The van der Waals surface area contributed by atoms with E-state index >= 15 is 0 Å². The second kappa shape index (κ2) is 10.4. The van der Waals surface area contributed by atoms with Crippen molar-refractivity contribution in [2.75, 3.05) is 4.90 Å². The summed E-state index contributed by atoms with van der Waals surface area (Å²) in [5, 5.41) is 6.58. The third-order valence-corrected chi connectivity index (χ3v) is 9.94. The molecule has 0 spiro atoms. The van der Waals surface area contributed by atoms with Crippen LogP contribution < -0.4 is 4.90 Å². The van der Waals surface area contributed by atoms with Gasteiger partial charge in [-0.3, -0.25) is 0 Å². The van der Waals surface area contributed by atoms with Crippen molar-refractivity contribution < 1.29 is 0 Å². The molecule has 0 saturated carbocycles. The van der Waals surface area contributed by atoms with Crippen LogP contribution in [0.2, 0.25) is 0 Å². The molecule has 3 aliphatic rings. The summed E-state index contributed by atoms with van der Waals surface area (Å²) < 4.78 is 0. The Kier molecular flexibility index (Phi) is 6.02. The summed E-state index contributed by atoms with van der Waals surface area (Å²) in [5.74, 6) is 0.187. The van der Waals surface area contributed by atoms with Gasteiger partial charge in [0.05, 0.1) is 11.7 Å². The molecule has 2 unspecified atom stereocenters. The molecule has 0 bridgehead atoms. The van der Waals surface area contributed by atoms with Crippen LogP contribution in [-0.2, 0) is 0 Å². The first-order valence-electron chi connectivity index (χ1n) is 16.1. The van der Waals surface area contributed by atoms with Gasteiger partial charge in [0, 0.05) is 33.6 Å². The molecular weight excluding hydrogens is 544 g/mol. The fourth-order valence-electron chi connectivity index (χ4n) is 8.15. The molecule has 2 nitrogen and oxygen atoms in total. The molecule has 0 radical (unpaired) electrons. The van der Waals surface area contributed by atoms with E-state index in [9.17, 15) is 0 Å². The van der Waals surface area contributed by atoms with E-state index in [4.69, 9.17) is 0 Å². The van der Waals surface area contributed by atoms with Crippen LogP contribution in [0.1, 0.15) is 48.1 Å². The van der Waals surface area contributed by atoms with Crippen LogP contribution in [-0.4, -0.2) is 11.0 Å². The Hall–Kier alpha value is -5.34. The van der Waals surface area contributed by atoms with E-state index in [-0.39, 0.29) is 12.0 Å². The molecule has 0 amide bonds. The number of nitrogens with one attached hydrogen (secondary N) is 1. The lowest BCUT2D eigenvalue weighted by Gasteiger charge is -2.38. The standard InChI is InChI=1S/C43H34N2/c1-2-13-31(19-12-16-28-14-4-3-5-15-28)45-42-33-21-9-7-18-30(33)24-26-36(42)39-40-38-32-20-8-6-17-29(32)25-27-37(38)44-41(40)34-22-10-11-23-35(34)43(39)45/h2-9,11-21,23-27,39,43-44H,10,22H2,1H3/b13-2-,16-12+,31-19+. The van der Waals surface area contributed by atoms with Crippen LogP contribution >= 0.6 is 0 Å². The maximum absolute atomic E-state index is 3.96. The number of aromatic nitrogens is 1. The molecule has 216 valence electrons. The van der Waals surface area contributed by atoms with Gasteiger partial charge in [-0.05, 0) is 82.0 Å². The fraction of sp³-hybridized carbons (Fsp3) is 0.116. The van der Waals surface area contributed by atoms with Crippen molar-refractivity contribution >= 4 is 49.8 Å². The first-order chi connectivity index (χ1) is 22.3. The predicted octanol–water partition coefficient (Wildman–Crippen LogP) is 11.1. The van der Waals surface area contributed by atoms with Crippen molar-refractivity contribution in [1.29, 1.82) is 0 Å². The minimum absolute atomic E-state index is 0.149. The minimum atomic E-state index is 0.149. The number of hydrogen-bond acceptors (Lipinski definition) is 1. The summed E-state index contributed by atoms with van der Waals surface area (Å²) in [6, 6.07) is 37.8. The molecule has 2 heteroatoms. The molecule has 1 aliphatic heterocycles. The van der Waals surface area contributed by atoms with Crippen molar-refractivity contribution in [2.24, 2.45) is 0 Å². The number of hydrogen-bond donors (Lipinski definition) is 1. The Morgan fingerprint density at radius 1 is 0.822 bits per heavy atom. The van der Waals surface area contributed by atoms with Gasteiger partial charge in [0.1, 0.15) is 0 Å². The monoisotopic (exact) mass is 578 g/mol. The van der Waals surface area contributed by atoms with Gasteiger partial charge in [0.15, 0.2) is 0 Å². The highest BCUT2D eigenvalue weighted by molar-refractivity contribution is 6.12. The molecule has 45 heavy (non-hydrogen) atoms. The number of benzene rings is 5. The predicted molar refractivity (Wildman–Crippen MR) is 192 cm³/mol. The summed E-state index contributed by atoms with van der Waals surface area (Å²) >= 11 is 0. The third-order valence-electron chi connectivity index (χ3n) is 9.94. The molecule has 6 aromatic rings. The van der Waals surface area contributed by atoms with Crippen LogP contribution in [0.5, 0.6) is 0 Å². The lowest BCUT2D eigenvalue weighted by Crippen LogP contribution is -2.38. The van der Waals surface area contributed by atoms with E-state index in [0.717, 1.165) is 12.8 Å². The zero-order valence-corrected chi connectivity index (χ0v) is 25.4. The van der Waals surface area contributed by atoms with Crippen molar-refractivity contribution in [1.82, 2.24) is 4.98 Å². The molecular formula is C43H34N2. The Morgan fingerprint density at radius 2 is 1.58 bits per heavy atom. The Balaban J connectivity index is 1.36. The van der Waals surface area contributed by atoms with Gasteiger partial charge in [-0.1, -0.05) is 127 Å². The Bertz CT molecular complexity index is 2290. The second-order valence-electron chi connectivity index (χ2n) is 12.4. The summed E-state index contributed by atoms with van der Waals surface area (Å²) in [7, 11) is 0. The number of anilines is 1. The molecule has 2 aliphatic carbocycles. The average Bonchev–Trinajstić information content (AvgIpc) is 3.66. The zero-order valence-electron chi connectivity index (χ0n) is 25.4. The maximum atomic E-state index is 3.96. The lowest BCUT2D eigenvalue weighted by atomic mass is 9.73. The van der Waals surface area contributed by atoms with Crippen LogP contribution in [0.4, 0.5) is 5.69 Å². The molecule has 1 N–H and O–H groups in total. The van der Waals surface area contributed by atoms with Gasteiger partial charge in [-0.15, -0.1) is 0 Å². The van der Waals surface area contributed by atoms with Crippen LogP contribution in [0.3, 0.4) is 0 Å². The zero-order chi connectivity index (χ0) is 29.9. The van der Waals surface area contributed by atoms with E-state index in [1.54, 1.807) is 0 Å². The highest BCUT2D eigenvalue weighted by Gasteiger charge is 2.48. The van der Waals surface area contributed by atoms with E-state index in [0.29, 0.717) is 0 Å². The van der Waals surface area contributed by atoms with Crippen molar-refractivity contribution in [2.45, 2.75) is 31.7 Å². The lowest BCUT2D eigenvalue weighted by molar-refractivity contribution is 0.680. The van der Waals surface area contributed by atoms with Gasteiger partial charge in [0.2, 0.25) is 0 Å². The molecule has 0 fully saturated rings. The smallest absolute Gasteiger partial charge is 0.0706 e. The third kappa shape index (κ3) is 3.95. The van der Waals surface area contributed by atoms with Gasteiger partial charge >= 0.3 is 0 Å². The van der Waals surface area contributed by atoms with Crippen molar-refractivity contribution in [3.8, 4) is 0 Å². The topological polar surface area (TPSA) is 19.0 Å².